The first-order chi connectivity index (χ1) is 11.6. The molecule has 0 atom stereocenters. The maximum atomic E-state index is 11.2. The number of aryl methyl sites for hydroxylation is 1. The lowest BCUT2D eigenvalue weighted by Gasteiger charge is -2.11. The molecule has 3 rings (SSSR count). The van der Waals surface area contributed by atoms with E-state index in [4.69, 9.17) is 0 Å². The molecule has 1 aromatic carbocycles. The molecule has 0 radical (unpaired) electrons. The fraction of sp³-hybridized carbons (Fsp3) is 0.571. The zero-order valence-corrected chi connectivity index (χ0v) is 16.1. The predicted molar refractivity (Wildman–Crippen MR) is 103 cm³/mol. The maximum absolute atomic E-state index is 11.2. The highest BCUT2D eigenvalue weighted by molar-refractivity contribution is 5.95. The van der Waals surface area contributed by atoms with Crippen LogP contribution in [-0.2, 0) is 13.5 Å². The molecule has 1 N–H and O–H groups in total. The van der Waals surface area contributed by atoms with Gasteiger partial charge in [0.25, 0.3) is 0 Å². The van der Waals surface area contributed by atoms with Gasteiger partial charge in [-0.3, -0.25) is 0 Å². The van der Waals surface area contributed by atoms with Crippen molar-refractivity contribution in [1.29, 1.82) is 0 Å². The molecular weight excluding hydrogens is 298 g/mol. The molecule has 1 aliphatic carbocycles. The number of rotatable bonds is 3. The number of carboxylic acid groups (broad SMARTS) is 1. The van der Waals surface area contributed by atoms with Gasteiger partial charge in [-0.25, -0.2) is 4.79 Å². The van der Waals surface area contributed by atoms with Crippen molar-refractivity contribution in [1.82, 2.24) is 4.57 Å². The average molecular weight is 332 g/mol. The molecule has 0 bridgehead atoms. The van der Waals surface area contributed by atoms with Crippen molar-refractivity contribution in [3.8, 4) is 0 Å². The largest absolute Gasteiger partial charge is 0.478 e. The van der Waals surface area contributed by atoms with Gasteiger partial charge in [0.1, 0.15) is 0 Å². The van der Waals surface area contributed by atoms with E-state index in [1.807, 2.05) is 39.8 Å². The molecule has 0 saturated heterocycles. The van der Waals surface area contributed by atoms with Crippen molar-refractivity contribution in [2.75, 3.05) is 0 Å². The highest BCUT2D eigenvalue weighted by Crippen LogP contribution is 2.41. The third-order valence-corrected chi connectivity index (χ3v) is 4.71. The Balaban J connectivity index is 0.000000671. The van der Waals surface area contributed by atoms with Crippen LogP contribution < -0.4 is 0 Å². The van der Waals surface area contributed by atoms with Crippen molar-refractivity contribution in [3.63, 3.8) is 0 Å². The number of nitrogens with zero attached hydrogens (tertiary/aromatic N) is 1. The van der Waals surface area contributed by atoms with Crippen LogP contribution in [0.1, 0.15) is 87.8 Å². The van der Waals surface area contributed by atoms with E-state index in [0.29, 0.717) is 11.5 Å². The van der Waals surface area contributed by atoms with Gasteiger partial charge in [0.2, 0.25) is 0 Å². The van der Waals surface area contributed by atoms with Gasteiger partial charge in [-0.15, -0.1) is 0 Å². The van der Waals surface area contributed by atoms with Gasteiger partial charge in [0, 0.05) is 23.6 Å². The molecule has 1 fully saturated rings. The molecule has 0 unspecified atom stereocenters. The van der Waals surface area contributed by atoms with Crippen LogP contribution in [0.15, 0.2) is 18.2 Å². The maximum Gasteiger partial charge on any atom is 0.335 e. The predicted octanol–water partition coefficient (Wildman–Crippen LogP) is 6.15. The topological polar surface area (TPSA) is 42.2 Å². The van der Waals surface area contributed by atoms with E-state index >= 15 is 0 Å². The summed E-state index contributed by atoms with van der Waals surface area (Å²) in [6, 6.07) is 5.56. The van der Waals surface area contributed by atoms with Crippen LogP contribution in [-0.4, -0.2) is 15.6 Å². The van der Waals surface area contributed by atoms with Gasteiger partial charge in [0.15, 0.2) is 0 Å². The molecule has 2 aromatic rings. The number of hydrogen-bond donors (Lipinski definition) is 1. The normalized spacial score (nSPS) is 13.9. The second-order valence-corrected chi connectivity index (χ2v) is 5.79. The summed E-state index contributed by atoms with van der Waals surface area (Å²) in [6.07, 6.45) is 6.17. The van der Waals surface area contributed by atoms with Gasteiger partial charge >= 0.3 is 5.97 Å². The van der Waals surface area contributed by atoms with Gasteiger partial charge < -0.3 is 9.67 Å². The smallest absolute Gasteiger partial charge is 0.335 e. The SMILES string of the molecule is CC.CC.CCc1c(C2CCCC2)c2ccc(C(=O)O)cc2n1C. The van der Waals surface area contributed by atoms with Gasteiger partial charge in [-0.2, -0.15) is 0 Å². The number of benzene rings is 1. The molecule has 1 aromatic heterocycles. The van der Waals surface area contributed by atoms with Crippen LogP contribution in [0.5, 0.6) is 0 Å². The minimum atomic E-state index is -0.853. The average Bonchev–Trinajstić information content (AvgIpc) is 3.24. The van der Waals surface area contributed by atoms with Crippen LogP contribution in [0.3, 0.4) is 0 Å². The Morgan fingerprint density at radius 1 is 1.17 bits per heavy atom. The standard InChI is InChI=1S/C17H21NO2.2C2H6/c1-3-14-16(11-6-4-5-7-11)13-9-8-12(17(19)20)10-15(13)18(14)2;2*1-2/h8-11H,3-7H2,1-2H3,(H,19,20);2*1-2H3. The molecule has 134 valence electrons. The summed E-state index contributed by atoms with van der Waals surface area (Å²) in [5, 5.41) is 10.4. The summed E-state index contributed by atoms with van der Waals surface area (Å²) in [7, 11) is 2.06. The molecule has 3 nitrogen and oxygen atoms in total. The van der Waals surface area contributed by atoms with Crippen LogP contribution in [0, 0.1) is 0 Å². The summed E-state index contributed by atoms with van der Waals surface area (Å²) in [5.74, 6) is -0.196. The summed E-state index contributed by atoms with van der Waals surface area (Å²) >= 11 is 0. The van der Waals surface area contributed by atoms with Crippen molar-refractivity contribution in [2.24, 2.45) is 7.05 Å². The Morgan fingerprint density at radius 3 is 2.25 bits per heavy atom. The van der Waals surface area contributed by atoms with Crippen molar-refractivity contribution >= 4 is 16.9 Å². The molecule has 0 amide bonds. The zero-order chi connectivity index (χ0) is 18.3. The first-order valence-corrected chi connectivity index (χ1v) is 9.48. The van der Waals surface area contributed by atoms with Gasteiger partial charge in [0.05, 0.1) is 5.56 Å². The Bertz CT molecular complexity index is 664. The molecule has 3 heteroatoms. The van der Waals surface area contributed by atoms with E-state index < -0.39 is 5.97 Å². The van der Waals surface area contributed by atoms with Crippen LogP contribution in [0.4, 0.5) is 0 Å². The third-order valence-electron chi connectivity index (χ3n) is 4.71. The van der Waals surface area contributed by atoms with Crippen molar-refractivity contribution in [3.05, 3.63) is 35.0 Å². The molecule has 1 aliphatic rings. The van der Waals surface area contributed by atoms with Crippen LogP contribution in [0.25, 0.3) is 10.9 Å². The van der Waals surface area contributed by atoms with E-state index in [9.17, 15) is 9.90 Å². The Hall–Kier alpha value is -1.77. The van der Waals surface area contributed by atoms with E-state index in [1.165, 1.54) is 42.3 Å². The Morgan fingerprint density at radius 2 is 1.75 bits per heavy atom. The quantitative estimate of drug-likeness (QED) is 0.733. The lowest BCUT2D eigenvalue weighted by atomic mass is 9.93. The summed E-state index contributed by atoms with van der Waals surface area (Å²) in [5.41, 5.74) is 4.27. The Kier molecular flexibility index (Phi) is 8.03. The highest BCUT2D eigenvalue weighted by Gasteiger charge is 2.25. The van der Waals surface area contributed by atoms with E-state index in [1.54, 1.807) is 6.07 Å². The minimum absolute atomic E-state index is 0.374. The molecule has 0 aliphatic heterocycles. The highest BCUT2D eigenvalue weighted by atomic mass is 16.4. The molecular formula is C21H33NO2. The second kappa shape index (κ2) is 9.51. The number of hydrogen-bond acceptors (Lipinski definition) is 1. The third kappa shape index (κ3) is 3.82. The summed E-state index contributed by atoms with van der Waals surface area (Å²) in [4.78, 5) is 11.2. The first-order valence-electron chi connectivity index (χ1n) is 9.48. The lowest BCUT2D eigenvalue weighted by molar-refractivity contribution is 0.0697. The number of aromatic carboxylic acids is 1. The van der Waals surface area contributed by atoms with Gasteiger partial charge in [-0.05, 0) is 42.9 Å². The zero-order valence-electron chi connectivity index (χ0n) is 16.1. The van der Waals surface area contributed by atoms with Gasteiger partial charge in [-0.1, -0.05) is 53.5 Å². The van der Waals surface area contributed by atoms with Crippen molar-refractivity contribution < 1.29 is 9.90 Å². The fourth-order valence-electron chi connectivity index (χ4n) is 3.75. The fourth-order valence-corrected chi connectivity index (χ4v) is 3.75. The lowest BCUT2D eigenvalue weighted by Crippen LogP contribution is -2.00. The minimum Gasteiger partial charge on any atom is -0.478 e. The molecule has 1 saturated carbocycles. The van der Waals surface area contributed by atoms with Crippen LogP contribution >= 0.6 is 0 Å². The molecule has 0 spiro atoms. The molecule has 1 heterocycles. The summed E-state index contributed by atoms with van der Waals surface area (Å²) < 4.78 is 2.19. The van der Waals surface area contributed by atoms with E-state index in [0.717, 1.165) is 11.9 Å². The number of aromatic nitrogens is 1. The second-order valence-electron chi connectivity index (χ2n) is 5.79. The summed E-state index contributed by atoms with van der Waals surface area (Å²) in [6.45, 7) is 10.2. The van der Waals surface area contributed by atoms with E-state index in [-0.39, 0.29) is 0 Å². The van der Waals surface area contributed by atoms with E-state index in [2.05, 4.69) is 18.5 Å². The molecule has 24 heavy (non-hydrogen) atoms. The van der Waals surface area contributed by atoms with Crippen LogP contribution in [0.2, 0.25) is 0 Å². The van der Waals surface area contributed by atoms with Crippen molar-refractivity contribution in [2.45, 2.75) is 72.6 Å². The monoisotopic (exact) mass is 331 g/mol. The number of carboxylic acids is 1. The number of carbonyl (C=O) groups is 1. The first kappa shape index (κ1) is 20.3. The Labute approximate surface area is 146 Å². The number of fused-ring (bicyclic) bond motifs is 1.